The van der Waals surface area contributed by atoms with Crippen molar-refractivity contribution in [1.29, 1.82) is 0 Å². The topological polar surface area (TPSA) is 46.6 Å². The lowest BCUT2D eigenvalue weighted by Gasteiger charge is -2.03. The van der Waals surface area contributed by atoms with Gasteiger partial charge < -0.3 is 4.74 Å². The number of cyclic esters (lactones) is 1. The first-order chi connectivity index (χ1) is 5.66. The number of hydrogen-bond acceptors (Lipinski definition) is 3. The number of unbranched alkanes of at least 4 members (excludes halogenated alkanes) is 1. The Kier molecular flexibility index (Phi) is 2.68. The van der Waals surface area contributed by atoms with Crippen molar-refractivity contribution in [2.75, 3.05) is 7.05 Å². The highest BCUT2D eigenvalue weighted by Gasteiger charge is 2.37. The maximum atomic E-state index is 11.2. The number of rotatable bonds is 3. The van der Waals surface area contributed by atoms with E-state index in [-0.39, 0.29) is 5.91 Å². The second kappa shape index (κ2) is 3.56. The molecule has 1 aliphatic rings. The zero-order valence-electron chi connectivity index (χ0n) is 7.37. The van der Waals surface area contributed by atoms with Gasteiger partial charge in [0.05, 0.1) is 0 Å². The van der Waals surface area contributed by atoms with Gasteiger partial charge in [0.2, 0.25) is 0 Å². The molecule has 4 heteroatoms. The zero-order valence-corrected chi connectivity index (χ0v) is 7.37. The fourth-order valence-corrected chi connectivity index (χ4v) is 1.13. The molecular formula is C8H13NO3. The largest absolute Gasteiger partial charge is 0.436 e. The van der Waals surface area contributed by atoms with Gasteiger partial charge in [-0.1, -0.05) is 13.3 Å². The molecule has 0 aromatic rings. The molecule has 0 aromatic heterocycles. The molecule has 1 fully saturated rings. The molecule has 68 valence electrons. The van der Waals surface area contributed by atoms with E-state index in [2.05, 4.69) is 0 Å². The molecule has 4 nitrogen and oxygen atoms in total. The van der Waals surface area contributed by atoms with Crippen LogP contribution in [0.1, 0.15) is 26.2 Å². The molecule has 0 aromatic carbocycles. The molecule has 0 aliphatic carbocycles. The smallest absolute Gasteiger partial charge is 0.417 e. The third-order valence-electron chi connectivity index (χ3n) is 1.94. The van der Waals surface area contributed by atoms with Gasteiger partial charge in [-0.05, 0) is 12.8 Å². The first-order valence-corrected chi connectivity index (χ1v) is 4.15. The van der Waals surface area contributed by atoms with Crippen LogP contribution in [0.25, 0.3) is 0 Å². The molecule has 0 spiro atoms. The predicted octanol–water partition coefficient (Wildman–Crippen LogP) is 1.15. The summed E-state index contributed by atoms with van der Waals surface area (Å²) in [6.45, 7) is 2.03. The number of amides is 2. The Labute approximate surface area is 71.5 Å². The summed E-state index contributed by atoms with van der Waals surface area (Å²) in [5.74, 6) is -0.214. The van der Waals surface area contributed by atoms with Crippen LogP contribution in [0, 0.1) is 0 Å². The minimum absolute atomic E-state index is 0.214. The van der Waals surface area contributed by atoms with E-state index in [0.29, 0.717) is 6.42 Å². The van der Waals surface area contributed by atoms with E-state index < -0.39 is 12.2 Å². The minimum atomic E-state index is -0.527. The van der Waals surface area contributed by atoms with Crippen LogP contribution in [-0.2, 0) is 9.53 Å². The van der Waals surface area contributed by atoms with Gasteiger partial charge in [-0.3, -0.25) is 4.79 Å². The normalized spacial score (nSPS) is 23.2. The third-order valence-corrected chi connectivity index (χ3v) is 1.94. The van der Waals surface area contributed by atoms with Crippen LogP contribution in [0.4, 0.5) is 4.79 Å². The highest BCUT2D eigenvalue weighted by atomic mass is 16.6. The Balaban J connectivity index is 2.47. The predicted molar refractivity (Wildman–Crippen MR) is 42.6 cm³/mol. The fourth-order valence-electron chi connectivity index (χ4n) is 1.13. The van der Waals surface area contributed by atoms with Crippen molar-refractivity contribution in [3.8, 4) is 0 Å². The van der Waals surface area contributed by atoms with Gasteiger partial charge in [0.25, 0.3) is 5.91 Å². The lowest BCUT2D eigenvalue weighted by molar-refractivity contribution is -0.129. The summed E-state index contributed by atoms with van der Waals surface area (Å²) in [6.07, 6.45) is 1.51. The number of ether oxygens (including phenoxy) is 1. The van der Waals surface area contributed by atoms with Gasteiger partial charge in [0.1, 0.15) is 0 Å². The van der Waals surface area contributed by atoms with Crippen molar-refractivity contribution >= 4 is 12.0 Å². The van der Waals surface area contributed by atoms with E-state index in [4.69, 9.17) is 4.74 Å². The summed E-state index contributed by atoms with van der Waals surface area (Å²) >= 11 is 0. The van der Waals surface area contributed by atoms with Crippen molar-refractivity contribution in [3.63, 3.8) is 0 Å². The summed E-state index contributed by atoms with van der Waals surface area (Å²) in [5.41, 5.74) is 0. The second-order valence-electron chi connectivity index (χ2n) is 2.91. The Hall–Kier alpha value is -1.06. The van der Waals surface area contributed by atoms with Crippen molar-refractivity contribution in [2.24, 2.45) is 0 Å². The third kappa shape index (κ3) is 1.57. The quantitative estimate of drug-likeness (QED) is 0.640. The summed E-state index contributed by atoms with van der Waals surface area (Å²) in [6, 6.07) is 0. The monoisotopic (exact) mass is 171 g/mol. The molecule has 1 saturated heterocycles. The average Bonchev–Trinajstić information content (AvgIpc) is 2.30. The van der Waals surface area contributed by atoms with Crippen LogP contribution < -0.4 is 0 Å². The number of carbonyl (C=O) groups is 2. The molecule has 1 heterocycles. The lowest BCUT2D eigenvalue weighted by atomic mass is 10.1. The van der Waals surface area contributed by atoms with Crippen molar-refractivity contribution in [3.05, 3.63) is 0 Å². The van der Waals surface area contributed by atoms with E-state index in [1.165, 1.54) is 7.05 Å². The SMILES string of the molecule is CCCCC1OC(=O)N(C)C1=O. The molecule has 12 heavy (non-hydrogen) atoms. The van der Waals surface area contributed by atoms with E-state index in [0.717, 1.165) is 17.7 Å². The molecule has 0 bridgehead atoms. The maximum absolute atomic E-state index is 11.2. The standard InChI is InChI=1S/C8H13NO3/c1-3-4-5-6-7(10)9(2)8(11)12-6/h6H,3-5H2,1-2H3. The van der Waals surface area contributed by atoms with Gasteiger partial charge in [0.15, 0.2) is 6.10 Å². The van der Waals surface area contributed by atoms with E-state index in [1.807, 2.05) is 6.92 Å². The summed E-state index contributed by atoms with van der Waals surface area (Å²) in [5, 5.41) is 0. The Bertz CT molecular complexity index is 202. The Morgan fingerprint density at radius 1 is 1.50 bits per heavy atom. The van der Waals surface area contributed by atoms with Gasteiger partial charge in [-0.15, -0.1) is 0 Å². The molecule has 1 rings (SSSR count). The molecule has 0 N–H and O–H groups in total. The van der Waals surface area contributed by atoms with Crippen LogP contribution in [0.15, 0.2) is 0 Å². The van der Waals surface area contributed by atoms with Gasteiger partial charge in [-0.2, -0.15) is 0 Å². The van der Waals surface area contributed by atoms with Crippen LogP contribution in [-0.4, -0.2) is 30.1 Å². The second-order valence-corrected chi connectivity index (χ2v) is 2.91. The van der Waals surface area contributed by atoms with Gasteiger partial charge >= 0.3 is 6.09 Å². The number of carbonyl (C=O) groups excluding carboxylic acids is 2. The van der Waals surface area contributed by atoms with Crippen molar-refractivity contribution in [2.45, 2.75) is 32.3 Å². The average molecular weight is 171 g/mol. The number of hydrogen-bond donors (Lipinski definition) is 0. The van der Waals surface area contributed by atoms with Crippen molar-refractivity contribution < 1.29 is 14.3 Å². The first kappa shape index (κ1) is 9.03. The van der Waals surface area contributed by atoms with Gasteiger partial charge in [0, 0.05) is 7.05 Å². The zero-order chi connectivity index (χ0) is 9.14. The van der Waals surface area contributed by atoms with E-state index in [9.17, 15) is 9.59 Å². The Morgan fingerprint density at radius 2 is 2.17 bits per heavy atom. The maximum Gasteiger partial charge on any atom is 0.417 e. The molecule has 1 aliphatic heterocycles. The van der Waals surface area contributed by atoms with E-state index in [1.54, 1.807) is 0 Å². The molecule has 1 unspecified atom stereocenters. The Morgan fingerprint density at radius 3 is 2.58 bits per heavy atom. The fraction of sp³-hybridized carbons (Fsp3) is 0.750. The van der Waals surface area contributed by atoms with Crippen LogP contribution in [0.5, 0.6) is 0 Å². The highest BCUT2D eigenvalue weighted by molar-refractivity contribution is 5.99. The number of imide groups is 1. The summed E-state index contributed by atoms with van der Waals surface area (Å²) in [7, 11) is 1.44. The van der Waals surface area contributed by atoms with Crippen LogP contribution in [0.3, 0.4) is 0 Å². The molecule has 1 atom stereocenters. The first-order valence-electron chi connectivity index (χ1n) is 4.15. The van der Waals surface area contributed by atoms with Crippen LogP contribution >= 0.6 is 0 Å². The molecule has 0 saturated carbocycles. The number of likely N-dealkylation sites (N-methyl/N-ethyl adjacent to an activating group) is 1. The van der Waals surface area contributed by atoms with E-state index >= 15 is 0 Å². The minimum Gasteiger partial charge on any atom is -0.436 e. The summed E-state index contributed by atoms with van der Waals surface area (Å²) < 4.78 is 4.83. The molecule has 2 amide bonds. The van der Waals surface area contributed by atoms with Crippen LogP contribution in [0.2, 0.25) is 0 Å². The molecule has 0 radical (unpaired) electrons. The summed E-state index contributed by atoms with van der Waals surface area (Å²) in [4.78, 5) is 23.1. The molecular weight excluding hydrogens is 158 g/mol. The number of nitrogens with zero attached hydrogens (tertiary/aromatic N) is 1. The lowest BCUT2D eigenvalue weighted by Crippen LogP contribution is -2.27. The van der Waals surface area contributed by atoms with Crippen molar-refractivity contribution in [1.82, 2.24) is 4.90 Å². The van der Waals surface area contributed by atoms with Gasteiger partial charge in [-0.25, -0.2) is 9.69 Å². The highest BCUT2D eigenvalue weighted by Crippen LogP contribution is 2.15.